The third kappa shape index (κ3) is 2.89. The molecule has 2 N–H and O–H groups in total. The Balaban J connectivity index is 1.21. The van der Waals surface area contributed by atoms with Gasteiger partial charge in [0.15, 0.2) is 0 Å². The molecule has 0 aromatic carbocycles. The summed E-state index contributed by atoms with van der Waals surface area (Å²) in [4.78, 5) is 2.61. The van der Waals surface area contributed by atoms with Crippen molar-refractivity contribution in [1.29, 1.82) is 0 Å². The van der Waals surface area contributed by atoms with Crippen molar-refractivity contribution in [3.63, 3.8) is 0 Å². The Kier molecular flexibility index (Phi) is 3.92. The molecule has 0 amide bonds. The Bertz CT molecular complexity index is 262. The van der Waals surface area contributed by atoms with Crippen LogP contribution in [0.4, 0.5) is 0 Å². The van der Waals surface area contributed by atoms with Crippen LogP contribution >= 0.6 is 0 Å². The van der Waals surface area contributed by atoms with E-state index in [1.54, 1.807) is 0 Å². The predicted molar refractivity (Wildman–Crippen MR) is 73.5 cm³/mol. The third-order valence-corrected chi connectivity index (χ3v) is 5.22. The summed E-state index contributed by atoms with van der Waals surface area (Å²) in [5.74, 6) is 0. The molecule has 3 aliphatic rings. The maximum Gasteiger partial charge on any atom is 0.0576 e. The van der Waals surface area contributed by atoms with Gasteiger partial charge >= 0.3 is 0 Å². The van der Waals surface area contributed by atoms with E-state index < -0.39 is 0 Å². The number of hydrogen-bond acceptors (Lipinski definition) is 3. The number of nitrogens with two attached hydrogens (primary N) is 1. The van der Waals surface area contributed by atoms with Crippen molar-refractivity contribution in [3.8, 4) is 0 Å². The smallest absolute Gasteiger partial charge is 0.0576 e. The van der Waals surface area contributed by atoms with Gasteiger partial charge in [-0.05, 0) is 50.4 Å². The average Bonchev–Trinajstić information content (AvgIpc) is 2.26. The fourth-order valence-electron chi connectivity index (χ4n) is 3.85. The number of hydrogen-bond donors (Lipinski definition) is 1. The van der Waals surface area contributed by atoms with E-state index in [2.05, 4.69) is 4.90 Å². The van der Waals surface area contributed by atoms with Crippen LogP contribution in [0, 0.1) is 5.41 Å². The highest BCUT2D eigenvalue weighted by Crippen LogP contribution is 2.47. The highest BCUT2D eigenvalue weighted by atomic mass is 16.5. The van der Waals surface area contributed by atoms with Crippen LogP contribution in [-0.4, -0.2) is 43.3 Å². The molecule has 1 spiro atoms. The molecule has 0 atom stereocenters. The second-order valence-electron chi connectivity index (χ2n) is 6.83. The number of rotatable bonds is 5. The minimum absolute atomic E-state index is 0.435. The molecule has 0 aromatic heterocycles. The van der Waals surface area contributed by atoms with E-state index in [0.717, 1.165) is 24.9 Å². The maximum atomic E-state index is 5.96. The van der Waals surface area contributed by atoms with Crippen molar-refractivity contribution in [1.82, 2.24) is 4.90 Å². The van der Waals surface area contributed by atoms with Gasteiger partial charge in [0.25, 0.3) is 0 Å². The lowest BCUT2D eigenvalue weighted by Crippen LogP contribution is -2.59. The first-order valence-corrected chi connectivity index (χ1v) is 7.85. The summed E-state index contributed by atoms with van der Waals surface area (Å²) in [6.07, 6.45) is 10.8. The standard InChI is InChI=1S/C15H28N2O/c16-13-3-5-14(6-4-13)18-10-2-9-17-11-15(12-17)7-1-8-15/h13-14H,1-12,16H2. The molecule has 0 unspecified atom stereocenters. The first-order valence-electron chi connectivity index (χ1n) is 7.85. The lowest BCUT2D eigenvalue weighted by Gasteiger charge is -2.56. The van der Waals surface area contributed by atoms with Crippen LogP contribution < -0.4 is 5.73 Å². The zero-order valence-electron chi connectivity index (χ0n) is 11.6. The van der Waals surface area contributed by atoms with E-state index >= 15 is 0 Å². The van der Waals surface area contributed by atoms with Crippen LogP contribution in [-0.2, 0) is 4.74 Å². The van der Waals surface area contributed by atoms with Gasteiger partial charge in [-0.2, -0.15) is 0 Å². The van der Waals surface area contributed by atoms with E-state index in [9.17, 15) is 0 Å². The molecule has 3 nitrogen and oxygen atoms in total. The van der Waals surface area contributed by atoms with Gasteiger partial charge in [0.1, 0.15) is 0 Å². The Hall–Kier alpha value is -0.120. The van der Waals surface area contributed by atoms with Crippen molar-refractivity contribution in [2.24, 2.45) is 11.1 Å². The molecule has 3 rings (SSSR count). The molecule has 3 heteroatoms. The fourth-order valence-corrected chi connectivity index (χ4v) is 3.85. The van der Waals surface area contributed by atoms with E-state index in [-0.39, 0.29) is 0 Å². The maximum absolute atomic E-state index is 5.96. The summed E-state index contributed by atoms with van der Waals surface area (Å²) in [7, 11) is 0. The summed E-state index contributed by atoms with van der Waals surface area (Å²) in [6.45, 7) is 4.92. The van der Waals surface area contributed by atoms with Crippen molar-refractivity contribution in [2.45, 2.75) is 63.5 Å². The molecule has 2 saturated carbocycles. The average molecular weight is 252 g/mol. The topological polar surface area (TPSA) is 38.5 Å². The monoisotopic (exact) mass is 252 g/mol. The summed E-state index contributed by atoms with van der Waals surface area (Å²) < 4.78 is 5.96. The first kappa shape index (κ1) is 12.9. The Labute approximate surface area is 111 Å². The molecule has 0 radical (unpaired) electrons. The molecule has 2 aliphatic carbocycles. The Morgan fingerprint density at radius 1 is 1.11 bits per heavy atom. The molecule has 1 saturated heterocycles. The summed E-state index contributed by atoms with van der Waals surface area (Å²) in [6, 6.07) is 0.435. The van der Waals surface area contributed by atoms with Crippen LogP contribution in [0.15, 0.2) is 0 Å². The zero-order valence-corrected chi connectivity index (χ0v) is 11.6. The molecule has 1 heterocycles. The number of nitrogens with zero attached hydrogens (tertiary/aromatic N) is 1. The molecular weight excluding hydrogens is 224 g/mol. The minimum Gasteiger partial charge on any atom is -0.378 e. The van der Waals surface area contributed by atoms with Gasteiger partial charge in [-0.1, -0.05) is 6.42 Å². The highest BCUT2D eigenvalue weighted by Gasteiger charge is 2.46. The van der Waals surface area contributed by atoms with E-state index in [4.69, 9.17) is 10.5 Å². The van der Waals surface area contributed by atoms with Gasteiger partial charge in [-0.3, -0.25) is 0 Å². The number of likely N-dealkylation sites (tertiary alicyclic amines) is 1. The molecule has 104 valence electrons. The lowest BCUT2D eigenvalue weighted by molar-refractivity contribution is -0.0650. The fraction of sp³-hybridized carbons (Fsp3) is 1.00. The normalized spacial score (nSPS) is 35.2. The van der Waals surface area contributed by atoms with E-state index in [1.807, 2.05) is 0 Å². The van der Waals surface area contributed by atoms with Gasteiger partial charge in [-0.15, -0.1) is 0 Å². The molecule has 0 bridgehead atoms. The van der Waals surface area contributed by atoms with Gasteiger partial charge < -0.3 is 15.4 Å². The van der Waals surface area contributed by atoms with Crippen molar-refractivity contribution in [2.75, 3.05) is 26.2 Å². The van der Waals surface area contributed by atoms with Gasteiger partial charge in [0.05, 0.1) is 6.10 Å². The zero-order chi connectivity index (χ0) is 12.4. The summed E-state index contributed by atoms with van der Waals surface area (Å²) in [5.41, 5.74) is 6.68. The first-order chi connectivity index (χ1) is 8.76. The second-order valence-corrected chi connectivity index (χ2v) is 6.83. The van der Waals surface area contributed by atoms with Crippen LogP contribution in [0.3, 0.4) is 0 Å². The lowest BCUT2D eigenvalue weighted by atomic mass is 9.63. The predicted octanol–water partition coefficient (Wildman–Crippen LogP) is 2.15. The molecular formula is C15H28N2O. The summed E-state index contributed by atoms with van der Waals surface area (Å²) in [5, 5.41) is 0. The molecule has 3 fully saturated rings. The van der Waals surface area contributed by atoms with Crippen LogP contribution in [0.25, 0.3) is 0 Å². The molecule has 18 heavy (non-hydrogen) atoms. The van der Waals surface area contributed by atoms with Crippen LogP contribution in [0.2, 0.25) is 0 Å². The van der Waals surface area contributed by atoms with Gasteiger partial charge in [0.2, 0.25) is 0 Å². The summed E-state index contributed by atoms with van der Waals surface area (Å²) >= 11 is 0. The third-order valence-electron chi connectivity index (χ3n) is 5.22. The number of ether oxygens (including phenoxy) is 1. The van der Waals surface area contributed by atoms with E-state index in [1.165, 1.54) is 58.2 Å². The van der Waals surface area contributed by atoms with Gasteiger partial charge in [0, 0.05) is 32.3 Å². The second kappa shape index (κ2) is 5.48. The minimum atomic E-state index is 0.435. The highest BCUT2D eigenvalue weighted by molar-refractivity contribution is 5.00. The Morgan fingerprint density at radius 2 is 1.83 bits per heavy atom. The van der Waals surface area contributed by atoms with Crippen molar-refractivity contribution >= 4 is 0 Å². The molecule has 0 aromatic rings. The van der Waals surface area contributed by atoms with E-state index in [0.29, 0.717) is 12.1 Å². The Morgan fingerprint density at radius 3 is 2.44 bits per heavy atom. The molecule has 1 aliphatic heterocycles. The SMILES string of the molecule is NC1CCC(OCCCN2CC3(CCC3)C2)CC1. The van der Waals surface area contributed by atoms with Crippen LogP contribution in [0.1, 0.15) is 51.4 Å². The quantitative estimate of drug-likeness (QED) is 0.762. The van der Waals surface area contributed by atoms with Crippen LogP contribution in [0.5, 0.6) is 0 Å². The largest absolute Gasteiger partial charge is 0.378 e. The van der Waals surface area contributed by atoms with Gasteiger partial charge in [-0.25, -0.2) is 0 Å². The van der Waals surface area contributed by atoms with Crippen molar-refractivity contribution in [3.05, 3.63) is 0 Å². The van der Waals surface area contributed by atoms with Crippen molar-refractivity contribution < 1.29 is 4.74 Å².